The van der Waals surface area contributed by atoms with Crippen molar-refractivity contribution < 1.29 is 4.74 Å². The lowest BCUT2D eigenvalue weighted by atomic mass is 9.73. The van der Waals surface area contributed by atoms with Crippen LogP contribution in [0.3, 0.4) is 0 Å². The lowest BCUT2D eigenvalue weighted by molar-refractivity contribution is -0.0741. The number of ether oxygens (including phenoxy) is 1. The Hall–Kier alpha value is -0.120. The van der Waals surface area contributed by atoms with E-state index in [1.54, 1.807) is 0 Å². The highest BCUT2D eigenvalue weighted by Crippen LogP contribution is 2.33. The summed E-state index contributed by atoms with van der Waals surface area (Å²) >= 11 is 0. The summed E-state index contributed by atoms with van der Waals surface area (Å²) in [5.41, 5.74) is 6.37. The van der Waals surface area contributed by atoms with E-state index in [1.807, 2.05) is 0 Å². The maximum absolute atomic E-state index is 6.37. The van der Waals surface area contributed by atoms with Crippen LogP contribution in [-0.2, 0) is 4.74 Å². The Balaban J connectivity index is 1.89. The monoisotopic (exact) mass is 268 g/mol. The molecule has 2 rings (SSSR count). The van der Waals surface area contributed by atoms with E-state index in [9.17, 15) is 0 Å². The van der Waals surface area contributed by atoms with Gasteiger partial charge in [0.2, 0.25) is 0 Å². The Labute approximate surface area is 118 Å². The second kappa shape index (κ2) is 6.55. The van der Waals surface area contributed by atoms with E-state index in [4.69, 9.17) is 10.5 Å². The van der Waals surface area contributed by atoms with Crippen LogP contribution in [0.25, 0.3) is 0 Å². The molecular formula is C16H32N2O. The molecule has 0 bridgehead atoms. The van der Waals surface area contributed by atoms with Crippen LogP contribution in [-0.4, -0.2) is 42.8 Å². The summed E-state index contributed by atoms with van der Waals surface area (Å²) in [6, 6.07) is 0.406. The minimum absolute atomic E-state index is 0.365. The van der Waals surface area contributed by atoms with Crippen LogP contribution < -0.4 is 5.73 Å². The van der Waals surface area contributed by atoms with Crippen LogP contribution in [0.2, 0.25) is 0 Å². The highest BCUT2D eigenvalue weighted by Gasteiger charge is 2.32. The maximum atomic E-state index is 6.37. The molecule has 0 amide bonds. The number of rotatable bonds is 3. The summed E-state index contributed by atoms with van der Waals surface area (Å²) in [6.45, 7) is 12.4. The molecule has 1 saturated heterocycles. The molecule has 1 aliphatic carbocycles. The fraction of sp³-hybridized carbons (Fsp3) is 1.00. The van der Waals surface area contributed by atoms with Gasteiger partial charge in [0, 0.05) is 25.7 Å². The van der Waals surface area contributed by atoms with Gasteiger partial charge in [-0.05, 0) is 50.9 Å². The van der Waals surface area contributed by atoms with Crippen molar-refractivity contribution in [2.75, 3.05) is 19.6 Å². The van der Waals surface area contributed by atoms with Gasteiger partial charge in [-0.15, -0.1) is 0 Å². The van der Waals surface area contributed by atoms with E-state index in [1.165, 1.54) is 25.8 Å². The first-order valence-corrected chi connectivity index (χ1v) is 8.09. The molecule has 2 N–H and O–H groups in total. The number of nitrogens with two attached hydrogens (primary N) is 1. The Morgan fingerprint density at radius 1 is 1.16 bits per heavy atom. The summed E-state index contributed by atoms with van der Waals surface area (Å²) in [6.07, 6.45) is 4.58. The van der Waals surface area contributed by atoms with Crippen LogP contribution in [0.5, 0.6) is 0 Å². The van der Waals surface area contributed by atoms with Crippen molar-refractivity contribution in [3.63, 3.8) is 0 Å². The van der Waals surface area contributed by atoms with E-state index in [-0.39, 0.29) is 0 Å². The van der Waals surface area contributed by atoms with Gasteiger partial charge >= 0.3 is 0 Å². The van der Waals surface area contributed by atoms with Gasteiger partial charge in [0.25, 0.3) is 0 Å². The summed E-state index contributed by atoms with van der Waals surface area (Å²) in [5, 5.41) is 0. The van der Waals surface area contributed by atoms with Crippen molar-refractivity contribution in [3.05, 3.63) is 0 Å². The van der Waals surface area contributed by atoms with Crippen LogP contribution in [0.1, 0.15) is 47.0 Å². The van der Waals surface area contributed by atoms with E-state index < -0.39 is 0 Å². The third kappa shape index (κ3) is 4.17. The van der Waals surface area contributed by atoms with Gasteiger partial charge in [-0.25, -0.2) is 0 Å². The van der Waals surface area contributed by atoms with Crippen molar-refractivity contribution in [1.82, 2.24) is 4.90 Å². The second-order valence-electron chi connectivity index (χ2n) is 7.22. The van der Waals surface area contributed by atoms with Crippen LogP contribution in [0, 0.1) is 17.8 Å². The van der Waals surface area contributed by atoms with Gasteiger partial charge in [0.1, 0.15) is 0 Å². The van der Waals surface area contributed by atoms with E-state index in [0.29, 0.717) is 24.2 Å². The summed E-state index contributed by atoms with van der Waals surface area (Å²) in [7, 11) is 0. The van der Waals surface area contributed by atoms with Crippen molar-refractivity contribution in [2.24, 2.45) is 23.5 Å². The predicted octanol–water partition coefficient (Wildman–Crippen LogP) is 2.50. The van der Waals surface area contributed by atoms with Gasteiger partial charge in [0.15, 0.2) is 0 Å². The van der Waals surface area contributed by atoms with E-state index in [0.717, 1.165) is 24.9 Å². The second-order valence-corrected chi connectivity index (χ2v) is 7.22. The zero-order chi connectivity index (χ0) is 14.0. The largest absolute Gasteiger partial charge is 0.373 e. The van der Waals surface area contributed by atoms with E-state index >= 15 is 0 Å². The Kier molecular flexibility index (Phi) is 5.27. The lowest BCUT2D eigenvalue weighted by Crippen LogP contribution is -2.50. The normalized spacial score (nSPS) is 41.7. The quantitative estimate of drug-likeness (QED) is 0.854. The topological polar surface area (TPSA) is 38.5 Å². The third-order valence-corrected chi connectivity index (χ3v) is 5.01. The highest BCUT2D eigenvalue weighted by molar-refractivity contribution is 4.87. The Morgan fingerprint density at radius 2 is 1.79 bits per heavy atom. The van der Waals surface area contributed by atoms with Gasteiger partial charge in [0.05, 0.1) is 12.2 Å². The van der Waals surface area contributed by atoms with Gasteiger partial charge < -0.3 is 10.5 Å². The number of nitrogens with zero attached hydrogens (tertiary/aromatic N) is 1. The van der Waals surface area contributed by atoms with Crippen molar-refractivity contribution in [1.29, 1.82) is 0 Å². The molecule has 5 atom stereocenters. The zero-order valence-corrected chi connectivity index (χ0v) is 13.1. The molecular weight excluding hydrogens is 236 g/mol. The van der Waals surface area contributed by atoms with E-state index in [2.05, 4.69) is 32.6 Å². The molecule has 3 heteroatoms. The number of hydrogen-bond donors (Lipinski definition) is 1. The fourth-order valence-corrected chi connectivity index (χ4v) is 3.90. The molecule has 0 radical (unpaired) electrons. The van der Waals surface area contributed by atoms with Crippen LogP contribution in [0.4, 0.5) is 0 Å². The Morgan fingerprint density at radius 3 is 2.37 bits per heavy atom. The average Bonchev–Trinajstić information content (AvgIpc) is 2.30. The molecule has 1 heterocycles. The molecule has 3 nitrogen and oxygen atoms in total. The first-order chi connectivity index (χ1) is 8.95. The molecule has 0 aromatic carbocycles. The molecule has 0 aromatic heterocycles. The van der Waals surface area contributed by atoms with Gasteiger partial charge in [-0.3, -0.25) is 4.90 Å². The third-order valence-electron chi connectivity index (χ3n) is 5.01. The predicted molar refractivity (Wildman–Crippen MR) is 80.1 cm³/mol. The van der Waals surface area contributed by atoms with Crippen molar-refractivity contribution in [3.8, 4) is 0 Å². The molecule has 0 aromatic rings. The standard InChI is InChI=1S/C16H32N2O/c1-11(2)14-5-6-16(17)15(7-14)10-18-8-12(3)19-13(4)9-18/h11-16H,5-10,17H2,1-4H3/t12-,13+,14?,15?,16?. The molecule has 0 spiro atoms. The Bertz CT molecular complexity index is 272. The maximum Gasteiger partial charge on any atom is 0.0678 e. The molecule has 1 saturated carbocycles. The van der Waals surface area contributed by atoms with Crippen molar-refractivity contribution in [2.45, 2.75) is 65.2 Å². The van der Waals surface area contributed by atoms with Gasteiger partial charge in [-0.1, -0.05) is 13.8 Å². The molecule has 1 aliphatic heterocycles. The highest BCUT2D eigenvalue weighted by atomic mass is 16.5. The van der Waals surface area contributed by atoms with Crippen LogP contribution in [0.15, 0.2) is 0 Å². The molecule has 19 heavy (non-hydrogen) atoms. The minimum atomic E-state index is 0.365. The first-order valence-electron chi connectivity index (χ1n) is 8.09. The average molecular weight is 268 g/mol. The molecule has 112 valence electrons. The smallest absolute Gasteiger partial charge is 0.0678 e. The minimum Gasteiger partial charge on any atom is -0.373 e. The first kappa shape index (κ1) is 15.3. The summed E-state index contributed by atoms with van der Waals surface area (Å²) in [5.74, 6) is 2.36. The van der Waals surface area contributed by atoms with Crippen molar-refractivity contribution >= 4 is 0 Å². The number of hydrogen-bond acceptors (Lipinski definition) is 3. The lowest BCUT2D eigenvalue weighted by Gasteiger charge is -2.42. The SMILES string of the molecule is CC(C)C1CCC(N)C(CN2C[C@@H](C)O[C@@H](C)C2)C1. The number of morpholine rings is 1. The molecule has 2 fully saturated rings. The summed E-state index contributed by atoms with van der Waals surface area (Å²) in [4.78, 5) is 2.58. The molecule has 2 aliphatic rings. The zero-order valence-electron chi connectivity index (χ0n) is 13.1. The fourth-order valence-electron chi connectivity index (χ4n) is 3.90. The summed E-state index contributed by atoms with van der Waals surface area (Å²) < 4.78 is 5.82. The molecule has 3 unspecified atom stereocenters. The van der Waals surface area contributed by atoms with Crippen LogP contribution >= 0.6 is 0 Å². The van der Waals surface area contributed by atoms with Gasteiger partial charge in [-0.2, -0.15) is 0 Å².